The van der Waals surface area contributed by atoms with Gasteiger partial charge in [-0.2, -0.15) is 15.2 Å². The highest BCUT2D eigenvalue weighted by Gasteiger charge is 2.29. The number of carbonyl (C=O) groups excluding carboxylic acids is 1. The van der Waals surface area contributed by atoms with E-state index in [4.69, 9.17) is 5.26 Å². The van der Waals surface area contributed by atoms with Gasteiger partial charge in [0.15, 0.2) is 10.3 Å². The molecule has 2 aromatic heterocycles. The minimum atomic E-state index is 0.0907. The van der Waals surface area contributed by atoms with E-state index >= 15 is 0 Å². The maximum absolute atomic E-state index is 11.9. The second kappa shape index (κ2) is 8.55. The van der Waals surface area contributed by atoms with E-state index in [1.165, 1.54) is 29.3 Å². The highest BCUT2D eigenvalue weighted by atomic mass is 32.2. The molecule has 29 heavy (non-hydrogen) atoms. The van der Waals surface area contributed by atoms with Crippen LogP contribution in [-0.4, -0.2) is 25.8 Å². The van der Waals surface area contributed by atoms with Crippen molar-refractivity contribution in [1.82, 2.24) is 19.9 Å². The van der Waals surface area contributed by atoms with Gasteiger partial charge in [-0.3, -0.25) is 10.1 Å². The highest BCUT2D eigenvalue weighted by molar-refractivity contribution is 7.99. The van der Waals surface area contributed by atoms with Gasteiger partial charge in [0.1, 0.15) is 16.8 Å². The lowest BCUT2D eigenvalue weighted by molar-refractivity contribution is -0.117. The Morgan fingerprint density at radius 2 is 2.07 bits per heavy atom. The number of amides is 1. The number of benzene rings is 1. The van der Waals surface area contributed by atoms with E-state index in [0.29, 0.717) is 33.4 Å². The fourth-order valence-corrected chi connectivity index (χ4v) is 3.81. The largest absolute Gasteiger partial charge is 0.326 e. The maximum atomic E-state index is 11.9. The summed E-state index contributed by atoms with van der Waals surface area (Å²) in [5.41, 5.74) is 0.788. The second-order valence-corrected chi connectivity index (χ2v) is 8.44. The average molecular weight is 424 g/mol. The lowest BCUT2D eigenvalue weighted by Crippen LogP contribution is -2.12. The molecule has 0 atom stereocenters. The summed E-state index contributed by atoms with van der Waals surface area (Å²) in [6.45, 7) is 1.97. The van der Waals surface area contributed by atoms with Gasteiger partial charge in [-0.15, -0.1) is 0 Å². The normalized spacial score (nSPS) is 13.0. The third kappa shape index (κ3) is 5.07. The van der Waals surface area contributed by atoms with Crippen LogP contribution in [0.25, 0.3) is 0 Å². The molecule has 1 amide bonds. The van der Waals surface area contributed by atoms with Gasteiger partial charge in [0, 0.05) is 22.9 Å². The van der Waals surface area contributed by atoms with Gasteiger partial charge < -0.3 is 5.32 Å². The van der Waals surface area contributed by atoms with Gasteiger partial charge in [-0.1, -0.05) is 18.3 Å². The van der Waals surface area contributed by atoms with Crippen LogP contribution >= 0.6 is 23.1 Å². The lowest BCUT2D eigenvalue weighted by Gasteiger charge is -2.07. The minimum absolute atomic E-state index is 0.0907. The van der Waals surface area contributed by atoms with Crippen molar-refractivity contribution in [2.75, 3.05) is 10.6 Å². The van der Waals surface area contributed by atoms with Crippen molar-refractivity contribution in [3.63, 3.8) is 0 Å². The smallest absolute Gasteiger partial charge is 0.233 e. The molecule has 4 rings (SSSR count). The third-order valence-electron chi connectivity index (χ3n) is 4.09. The molecule has 0 radical (unpaired) electrons. The average Bonchev–Trinajstić information content (AvgIpc) is 3.49. The molecule has 2 N–H and O–H groups in total. The van der Waals surface area contributed by atoms with E-state index in [9.17, 15) is 4.79 Å². The van der Waals surface area contributed by atoms with Crippen LogP contribution in [-0.2, 0) is 11.2 Å². The Hall–Kier alpha value is -3.03. The SMILES string of the molecule is CCc1nc(Nc2ncc(C#N)s2)nc(Sc2ccc(NC(=O)C3CC3)cc2)n1. The maximum Gasteiger partial charge on any atom is 0.233 e. The fourth-order valence-electron chi connectivity index (χ4n) is 2.44. The van der Waals surface area contributed by atoms with Crippen LogP contribution in [0, 0.1) is 17.2 Å². The number of hydrogen-bond acceptors (Lipinski definition) is 9. The molecule has 10 heteroatoms. The zero-order chi connectivity index (χ0) is 20.2. The monoisotopic (exact) mass is 423 g/mol. The van der Waals surface area contributed by atoms with E-state index in [0.717, 1.165) is 23.4 Å². The number of anilines is 3. The molecule has 1 fully saturated rings. The Balaban J connectivity index is 1.47. The number of aromatic nitrogens is 4. The van der Waals surface area contributed by atoms with Crippen LogP contribution in [0.3, 0.4) is 0 Å². The number of aryl methyl sites for hydroxylation is 1. The molecule has 1 aliphatic rings. The Morgan fingerprint density at radius 3 is 2.72 bits per heavy atom. The Bertz CT molecular complexity index is 1070. The van der Waals surface area contributed by atoms with Crippen molar-refractivity contribution in [3.05, 3.63) is 41.2 Å². The fraction of sp³-hybridized carbons (Fsp3) is 0.263. The number of hydrogen-bond donors (Lipinski definition) is 2. The van der Waals surface area contributed by atoms with E-state index < -0.39 is 0 Å². The Morgan fingerprint density at radius 1 is 1.28 bits per heavy atom. The van der Waals surface area contributed by atoms with Crippen LogP contribution in [0.1, 0.15) is 30.5 Å². The number of nitrogens with one attached hydrogen (secondary N) is 2. The number of nitriles is 1. The first-order valence-corrected chi connectivity index (χ1v) is 10.7. The van der Waals surface area contributed by atoms with Crippen molar-refractivity contribution in [1.29, 1.82) is 5.26 Å². The molecule has 0 bridgehead atoms. The van der Waals surface area contributed by atoms with Crippen LogP contribution in [0.2, 0.25) is 0 Å². The quantitative estimate of drug-likeness (QED) is 0.585. The van der Waals surface area contributed by atoms with Crippen molar-refractivity contribution < 1.29 is 4.79 Å². The van der Waals surface area contributed by atoms with Gasteiger partial charge in [-0.05, 0) is 48.9 Å². The number of thiazole rings is 1. The van der Waals surface area contributed by atoms with Gasteiger partial charge in [0.05, 0.1) is 6.20 Å². The molecular formula is C19H17N7OS2. The molecule has 0 spiro atoms. The van der Waals surface area contributed by atoms with E-state index in [-0.39, 0.29) is 11.8 Å². The highest BCUT2D eigenvalue weighted by Crippen LogP contribution is 2.31. The van der Waals surface area contributed by atoms with E-state index in [2.05, 4.69) is 36.6 Å². The molecule has 2 heterocycles. The molecule has 1 saturated carbocycles. The van der Waals surface area contributed by atoms with Crippen molar-refractivity contribution in [2.45, 2.75) is 36.2 Å². The van der Waals surface area contributed by atoms with Crippen LogP contribution < -0.4 is 10.6 Å². The third-order valence-corrected chi connectivity index (χ3v) is 5.78. The first-order chi connectivity index (χ1) is 14.1. The summed E-state index contributed by atoms with van der Waals surface area (Å²) in [5.74, 6) is 1.32. The van der Waals surface area contributed by atoms with Crippen molar-refractivity contribution in [2.24, 2.45) is 5.92 Å². The summed E-state index contributed by atoms with van der Waals surface area (Å²) in [4.78, 5) is 30.8. The molecule has 1 aromatic carbocycles. The van der Waals surface area contributed by atoms with Crippen LogP contribution in [0.15, 0.2) is 40.5 Å². The molecule has 3 aromatic rings. The van der Waals surface area contributed by atoms with Gasteiger partial charge in [-0.25, -0.2) is 9.97 Å². The number of rotatable bonds is 7. The van der Waals surface area contributed by atoms with Crippen LogP contribution in [0.5, 0.6) is 0 Å². The summed E-state index contributed by atoms with van der Waals surface area (Å²) in [5, 5.41) is 16.0. The van der Waals surface area contributed by atoms with E-state index in [1.54, 1.807) is 0 Å². The molecule has 0 saturated heterocycles. The van der Waals surface area contributed by atoms with Gasteiger partial charge >= 0.3 is 0 Å². The number of carbonyl (C=O) groups is 1. The summed E-state index contributed by atoms with van der Waals surface area (Å²) in [6.07, 6.45) is 4.13. The summed E-state index contributed by atoms with van der Waals surface area (Å²) >= 11 is 2.65. The predicted octanol–water partition coefficient (Wildman–Crippen LogP) is 4.01. The summed E-state index contributed by atoms with van der Waals surface area (Å²) < 4.78 is 0. The first kappa shape index (κ1) is 19.3. The van der Waals surface area contributed by atoms with Crippen molar-refractivity contribution in [3.8, 4) is 6.07 Å². The van der Waals surface area contributed by atoms with Gasteiger partial charge in [0.2, 0.25) is 11.9 Å². The first-order valence-electron chi connectivity index (χ1n) is 9.09. The van der Waals surface area contributed by atoms with Crippen molar-refractivity contribution >= 4 is 45.8 Å². The molecule has 146 valence electrons. The second-order valence-electron chi connectivity index (χ2n) is 6.37. The molecule has 8 nitrogen and oxygen atoms in total. The number of nitrogens with zero attached hydrogens (tertiary/aromatic N) is 5. The molecule has 0 unspecified atom stereocenters. The zero-order valence-corrected chi connectivity index (χ0v) is 17.2. The standard InChI is InChI=1S/C19H17N7OS2/c1-2-15-23-17(25-18-21-10-14(9-20)29-18)26-19(24-15)28-13-7-5-12(6-8-13)22-16(27)11-3-4-11/h5-8,10-11H,2-4H2,1H3,(H,22,27)(H,21,23,24,25,26). The Kier molecular flexibility index (Phi) is 5.69. The molecular weight excluding hydrogens is 406 g/mol. The minimum Gasteiger partial charge on any atom is -0.326 e. The summed E-state index contributed by atoms with van der Waals surface area (Å²) in [6, 6.07) is 9.67. The lowest BCUT2D eigenvalue weighted by atomic mass is 10.3. The van der Waals surface area contributed by atoms with Crippen LogP contribution in [0.4, 0.5) is 16.8 Å². The molecule has 1 aliphatic carbocycles. The molecule has 0 aliphatic heterocycles. The van der Waals surface area contributed by atoms with E-state index in [1.807, 2.05) is 31.2 Å². The summed E-state index contributed by atoms with van der Waals surface area (Å²) in [7, 11) is 0. The predicted molar refractivity (Wildman–Crippen MR) is 111 cm³/mol. The topological polar surface area (TPSA) is 116 Å². The van der Waals surface area contributed by atoms with Gasteiger partial charge in [0.25, 0.3) is 0 Å². The zero-order valence-electron chi connectivity index (χ0n) is 15.5. The Labute approximate surface area is 175 Å².